The number of unbranched alkanes of at least 4 members (excludes halogenated alkanes) is 20. The molecule has 0 unspecified atom stereocenters. The van der Waals surface area contributed by atoms with E-state index >= 15 is 0 Å². The molecule has 0 spiro atoms. The van der Waals surface area contributed by atoms with Gasteiger partial charge >= 0.3 is 0 Å². The highest BCUT2D eigenvalue weighted by Crippen LogP contribution is 2.55. The number of aromatic nitrogens is 2. The van der Waals surface area contributed by atoms with Crippen LogP contribution in [0.5, 0.6) is 11.5 Å². The van der Waals surface area contributed by atoms with Crippen molar-refractivity contribution in [3.05, 3.63) is 132 Å². The first kappa shape index (κ1) is 60.0. The van der Waals surface area contributed by atoms with Crippen molar-refractivity contribution in [3.8, 4) is 76.5 Å². The second-order valence-electron chi connectivity index (χ2n) is 23.3. The van der Waals surface area contributed by atoms with Crippen LogP contribution in [0.2, 0.25) is 0 Å². The summed E-state index contributed by atoms with van der Waals surface area (Å²) in [6.45, 7) is 17.4. The van der Waals surface area contributed by atoms with Gasteiger partial charge in [-0.2, -0.15) is 0 Å². The lowest BCUT2D eigenvalue weighted by Crippen LogP contribution is -2.44. The van der Waals surface area contributed by atoms with Gasteiger partial charge < -0.3 is 9.47 Å². The number of benzene rings is 5. The third-order valence-electron chi connectivity index (χ3n) is 16.9. The fourth-order valence-corrected chi connectivity index (χ4v) is 14.2. The molecule has 5 aromatic carbocycles. The molecule has 0 saturated heterocycles. The van der Waals surface area contributed by atoms with Crippen LogP contribution in [0.4, 0.5) is 11.4 Å². The van der Waals surface area contributed by atoms with E-state index in [2.05, 4.69) is 163 Å². The summed E-state index contributed by atoms with van der Waals surface area (Å²) >= 11 is 3.70. The molecule has 81 heavy (non-hydrogen) atoms. The van der Waals surface area contributed by atoms with Gasteiger partial charge in [0.25, 0.3) is 0 Å². The topological polar surface area (TPSA) is 44.2 Å². The average molecular weight is 1120 g/mol. The van der Waals surface area contributed by atoms with Gasteiger partial charge in [-0.3, -0.25) is 4.48 Å². The van der Waals surface area contributed by atoms with Gasteiger partial charge in [0, 0.05) is 65.0 Å². The molecule has 0 radical (unpaired) electrons. The van der Waals surface area contributed by atoms with Crippen LogP contribution in [0.3, 0.4) is 0 Å². The maximum Gasteiger partial charge on any atom is 0.146 e. The van der Waals surface area contributed by atoms with Gasteiger partial charge in [-0.05, 0) is 124 Å². The van der Waals surface area contributed by atoms with E-state index < -0.39 is 0 Å². The summed E-state index contributed by atoms with van der Waals surface area (Å²) in [6, 6.07) is 45.6. The SMILES string of the molecule is CCCCCCCCOc1cccc(-c2nc3c(-c4ccc(C)s4)ccc(-c4ccc(-c5ccc6c(c5)[N+](CCCCCCCC)(CCCCCCCC)c5cc(C)ccc5-6)s4)c3nc2-c2cccc(OCCCCCCCC)c2)c1. The molecule has 4 heterocycles. The number of nitrogens with zero attached hydrogens (tertiary/aromatic N) is 3. The number of quaternary nitrogens is 1. The Morgan fingerprint density at radius 3 is 1.31 bits per heavy atom. The smallest absolute Gasteiger partial charge is 0.146 e. The van der Waals surface area contributed by atoms with Gasteiger partial charge in [-0.1, -0.05) is 192 Å². The van der Waals surface area contributed by atoms with Crippen molar-refractivity contribution >= 4 is 45.1 Å². The van der Waals surface area contributed by atoms with Gasteiger partial charge in [0.05, 0.1) is 48.7 Å². The molecule has 9 rings (SSSR count). The molecule has 0 aliphatic carbocycles. The standard InChI is InChI=1S/C74H94N3O2S2/c1-7-11-15-19-23-27-47-77(48-28-24-20-16-12-8-2)66-51-55(5)37-40-62(66)63-41-39-57(54-67(63)77)68-45-46-70(81-68)65-43-42-64(69-44-38-56(6)80-69)73-74(65)76-72(59-34-32-36-61(53-59)79-50-30-26-22-18-14-10-4)71(75-73)58-33-31-35-60(52-58)78-49-29-25-21-17-13-9-3/h31-46,51-54H,7-30,47-50H2,1-6H3/q+1. The highest BCUT2D eigenvalue weighted by Gasteiger charge is 2.43. The lowest BCUT2D eigenvalue weighted by molar-refractivity contribution is 0.304. The third-order valence-corrected chi connectivity index (χ3v) is 19.1. The summed E-state index contributed by atoms with van der Waals surface area (Å²) in [5, 5.41) is 0. The van der Waals surface area contributed by atoms with Gasteiger partial charge in [-0.25, -0.2) is 9.97 Å². The Morgan fingerprint density at radius 2 is 0.802 bits per heavy atom. The minimum absolute atomic E-state index is 0.702. The van der Waals surface area contributed by atoms with Gasteiger partial charge in [0.1, 0.15) is 22.9 Å². The maximum absolute atomic E-state index is 6.50. The van der Waals surface area contributed by atoms with E-state index in [1.54, 1.807) is 0 Å². The lowest BCUT2D eigenvalue weighted by Gasteiger charge is -2.36. The Balaban J connectivity index is 1.12. The average Bonchev–Trinajstić information content (AvgIpc) is 4.45. The lowest BCUT2D eigenvalue weighted by atomic mass is 10.00. The number of rotatable bonds is 35. The van der Waals surface area contributed by atoms with Crippen LogP contribution in [-0.2, 0) is 0 Å². The zero-order valence-corrected chi connectivity index (χ0v) is 52.0. The van der Waals surface area contributed by atoms with Gasteiger partial charge in [-0.15, -0.1) is 22.7 Å². The van der Waals surface area contributed by atoms with Crippen molar-refractivity contribution in [1.29, 1.82) is 0 Å². The van der Waals surface area contributed by atoms with E-state index in [-0.39, 0.29) is 0 Å². The van der Waals surface area contributed by atoms with Crippen molar-refractivity contribution in [3.63, 3.8) is 0 Å². The molecule has 0 N–H and O–H groups in total. The Morgan fingerprint density at radius 1 is 0.370 bits per heavy atom. The second kappa shape index (κ2) is 30.6. The van der Waals surface area contributed by atoms with Crippen molar-refractivity contribution in [1.82, 2.24) is 14.5 Å². The van der Waals surface area contributed by atoms with Crippen molar-refractivity contribution < 1.29 is 9.47 Å². The number of ether oxygens (including phenoxy) is 2. The second-order valence-corrected chi connectivity index (χ2v) is 25.7. The van der Waals surface area contributed by atoms with E-state index in [4.69, 9.17) is 19.4 Å². The maximum atomic E-state index is 6.50. The summed E-state index contributed by atoms with van der Waals surface area (Å²) in [5.41, 5.74) is 16.2. The molecule has 0 saturated carbocycles. The molecule has 1 aliphatic rings. The predicted octanol–water partition coefficient (Wildman–Crippen LogP) is 23.5. The van der Waals surface area contributed by atoms with Crippen molar-refractivity contribution in [2.24, 2.45) is 0 Å². The molecule has 1 aliphatic heterocycles. The first-order valence-electron chi connectivity index (χ1n) is 32.0. The molecule has 0 amide bonds. The van der Waals surface area contributed by atoms with Crippen LogP contribution < -0.4 is 14.0 Å². The molecular formula is C74H94N3O2S2+. The van der Waals surface area contributed by atoms with E-state index in [0.717, 1.165) is 86.6 Å². The molecule has 3 aromatic heterocycles. The number of aryl methyl sites for hydroxylation is 2. The molecule has 0 bridgehead atoms. The van der Waals surface area contributed by atoms with Crippen LogP contribution in [0.1, 0.15) is 192 Å². The highest BCUT2D eigenvalue weighted by molar-refractivity contribution is 7.19. The van der Waals surface area contributed by atoms with E-state index in [9.17, 15) is 0 Å². The third kappa shape index (κ3) is 15.3. The number of hydrogen-bond donors (Lipinski definition) is 0. The van der Waals surface area contributed by atoms with Gasteiger partial charge in [0.2, 0.25) is 0 Å². The number of hydrogen-bond acceptors (Lipinski definition) is 6. The Kier molecular flexibility index (Phi) is 22.7. The molecule has 5 nitrogen and oxygen atoms in total. The van der Waals surface area contributed by atoms with E-state index in [1.165, 1.54) is 194 Å². The van der Waals surface area contributed by atoms with Gasteiger partial charge in [0.15, 0.2) is 0 Å². The van der Waals surface area contributed by atoms with E-state index in [0.29, 0.717) is 13.2 Å². The Labute approximate surface area is 496 Å². The molecule has 428 valence electrons. The van der Waals surface area contributed by atoms with Crippen molar-refractivity contribution in [2.45, 2.75) is 196 Å². The minimum atomic E-state index is 0.702. The molecule has 7 heteroatoms. The quantitative estimate of drug-likeness (QED) is 0.0293. The summed E-state index contributed by atoms with van der Waals surface area (Å²) in [6.07, 6.45) is 30.4. The summed E-state index contributed by atoms with van der Waals surface area (Å²) in [7, 11) is 0. The predicted molar refractivity (Wildman–Crippen MR) is 353 cm³/mol. The Hall–Kier alpha value is -5.60. The van der Waals surface area contributed by atoms with Crippen molar-refractivity contribution in [2.75, 3.05) is 26.3 Å². The van der Waals surface area contributed by atoms with Crippen LogP contribution in [-0.4, -0.2) is 36.3 Å². The van der Waals surface area contributed by atoms with Crippen LogP contribution >= 0.6 is 22.7 Å². The number of fused-ring (bicyclic) bond motifs is 4. The molecule has 8 aromatic rings. The molecular weight excluding hydrogens is 1030 g/mol. The van der Waals surface area contributed by atoms with E-state index in [1.807, 2.05) is 22.7 Å². The molecule has 0 fully saturated rings. The van der Waals surface area contributed by atoms with Crippen LogP contribution in [0.25, 0.3) is 76.0 Å². The summed E-state index contributed by atoms with van der Waals surface area (Å²) in [4.78, 5) is 16.6. The monoisotopic (exact) mass is 1120 g/mol. The first-order chi connectivity index (χ1) is 39.8. The molecule has 0 atom stereocenters. The van der Waals surface area contributed by atoms with Crippen LogP contribution in [0.15, 0.2) is 121 Å². The summed E-state index contributed by atoms with van der Waals surface area (Å²) in [5.74, 6) is 1.73. The number of thiophene rings is 2. The minimum Gasteiger partial charge on any atom is -0.494 e. The largest absolute Gasteiger partial charge is 0.494 e. The fourth-order valence-electron chi connectivity index (χ4n) is 12.3. The zero-order chi connectivity index (χ0) is 56.2. The zero-order valence-electron chi connectivity index (χ0n) is 50.3. The normalized spacial score (nSPS) is 12.6. The highest BCUT2D eigenvalue weighted by atomic mass is 32.1. The first-order valence-corrected chi connectivity index (χ1v) is 33.6. The summed E-state index contributed by atoms with van der Waals surface area (Å²) < 4.78 is 14.0. The Bertz CT molecular complexity index is 3220. The fraction of sp³-hybridized carbons (Fsp3) is 0.459. The van der Waals surface area contributed by atoms with Crippen LogP contribution in [0, 0.1) is 13.8 Å².